The van der Waals surface area contributed by atoms with Gasteiger partial charge in [0.05, 0.1) is 11.4 Å². The van der Waals surface area contributed by atoms with Gasteiger partial charge in [0.1, 0.15) is 0 Å². The van der Waals surface area contributed by atoms with Crippen LogP contribution in [0.4, 0.5) is 11.4 Å². The van der Waals surface area contributed by atoms with E-state index in [-0.39, 0.29) is 0 Å². The fourth-order valence-corrected chi connectivity index (χ4v) is 2.69. The van der Waals surface area contributed by atoms with Crippen molar-refractivity contribution in [2.24, 2.45) is 5.92 Å². The maximum absolute atomic E-state index is 9.09. The molecule has 0 radical (unpaired) electrons. The summed E-state index contributed by atoms with van der Waals surface area (Å²) in [5, 5.41) is 9.09. The SMILES string of the molecule is Nc1cc(I)ccc1N1CCC(CO)CC1. The zero-order chi connectivity index (χ0) is 11.5. The van der Waals surface area contributed by atoms with Gasteiger partial charge < -0.3 is 15.7 Å². The molecule has 2 rings (SSSR count). The first-order chi connectivity index (χ1) is 7.70. The molecule has 0 saturated carbocycles. The second kappa shape index (κ2) is 5.23. The summed E-state index contributed by atoms with van der Waals surface area (Å²) in [4.78, 5) is 2.32. The molecule has 0 aliphatic carbocycles. The number of anilines is 2. The minimum atomic E-state index is 0.315. The van der Waals surface area contributed by atoms with Crippen molar-refractivity contribution in [1.82, 2.24) is 0 Å². The van der Waals surface area contributed by atoms with Crippen LogP contribution in [0.25, 0.3) is 0 Å². The van der Waals surface area contributed by atoms with E-state index in [2.05, 4.69) is 39.6 Å². The van der Waals surface area contributed by atoms with E-state index in [0.29, 0.717) is 12.5 Å². The largest absolute Gasteiger partial charge is 0.397 e. The summed E-state index contributed by atoms with van der Waals surface area (Å²) < 4.78 is 1.17. The number of nitrogens with two attached hydrogens (primary N) is 1. The van der Waals surface area contributed by atoms with Crippen molar-refractivity contribution >= 4 is 34.0 Å². The summed E-state index contributed by atoms with van der Waals surface area (Å²) in [6.07, 6.45) is 2.11. The predicted molar refractivity (Wildman–Crippen MR) is 75.6 cm³/mol. The molecule has 1 aromatic rings. The second-order valence-electron chi connectivity index (χ2n) is 4.32. The van der Waals surface area contributed by atoms with E-state index in [9.17, 15) is 0 Å². The zero-order valence-corrected chi connectivity index (χ0v) is 11.4. The summed E-state index contributed by atoms with van der Waals surface area (Å²) in [7, 11) is 0. The molecule has 1 aliphatic rings. The number of hydrogen-bond donors (Lipinski definition) is 2. The first-order valence-corrected chi connectivity index (χ1v) is 6.69. The monoisotopic (exact) mass is 332 g/mol. The minimum absolute atomic E-state index is 0.315. The van der Waals surface area contributed by atoms with Crippen molar-refractivity contribution in [2.45, 2.75) is 12.8 Å². The highest BCUT2D eigenvalue weighted by molar-refractivity contribution is 14.1. The Morgan fingerprint density at radius 3 is 2.62 bits per heavy atom. The van der Waals surface area contributed by atoms with Crippen LogP contribution >= 0.6 is 22.6 Å². The molecule has 3 nitrogen and oxygen atoms in total. The maximum atomic E-state index is 9.09. The van der Waals surface area contributed by atoms with E-state index in [1.54, 1.807) is 0 Å². The van der Waals surface area contributed by atoms with Crippen molar-refractivity contribution in [3.63, 3.8) is 0 Å². The van der Waals surface area contributed by atoms with Gasteiger partial charge in [0, 0.05) is 23.3 Å². The van der Waals surface area contributed by atoms with Crippen LogP contribution in [-0.4, -0.2) is 24.8 Å². The standard InChI is InChI=1S/C12H17IN2O/c13-10-1-2-12(11(14)7-10)15-5-3-9(8-16)4-6-15/h1-2,7,9,16H,3-6,8,14H2. The molecule has 0 unspecified atom stereocenters. The summed E-state index contributed by atoms with van der Waals surface area (Å²) in [6, 6.07) is 6.19. The highest BCUT2D eigenvalue weighted by atomic mass is 127. The Kier molecular flexibility index (Phi) is 3.91. The summed E-state index contributed by atoms with van der Waals surface area (Å²) in [6.45, 7) is 2.31. The van der Waals surface area contributed by atoms with E-state index >= 15 is 0 Å². The van der Waals surface area contributed by atoms with Gasteiger partial charge in [-0.2, -0.15) is 0 Å². The van der Waals surface area contributed by atoms with Crippen LogP contribution in [0.3, 0.4) is 0 Å². The Morgan fingerprint density at radius 2 is 2.06 bits per heavy atom. The van der Waals surface area contributed by atoms with Gasteiger partial charge in [0.15, 0.2) is 0 Å². The number of nitrogens with zero attached hydrogens (tertiary/aromatic N) is 1. The smallest absolute Gasteiger partial charge is 0.0600 e. The third-order valence-electron chi connectivity index (χ3n) is 3.20. The number of rotatable bonds is 2. The Morgan fingerprint density at radius 1 is 1.38 bits per heavy atom. The first-order valence-electron chi connectivity index (χ1n) is 5.61. The molecular weight excluding hydrogens is 315 g/mol. The number of nitrogen functional groups attached to an aromatic ring is 1. The summed E-state index contributed by atoms with van der Waals surface area (Å²) >= 11 is 2.27. The zero-order valence-electron chi connectivity index (χ0n) is 9.19. The Labute approximate surface area is 110 Å². The molecule has 4 heteroatoms. The van der Waals surface area contributed by atoms with Crippen LogP contribution in [-0.2, 0) is 0 Å². The molecule has 0 spiro atoms. The maximum Gasteiger partial charge on any atom is 0.0600 e. The molecule has 3 N–H and O–H groups in total. The number of hydrogen-bond acceptors (Lipinski definition) is 3. The number of aliphatic hydroxyl groups is 1. The van der Waals surface area contributed by atoms with Crippen molar-refractivity contribution < 1.29 is 5.11 Å². The lowest BCUT2D eigenvalue weighted by molar-refractivity contribution is 0.203. The Balaban J connectivity index is 2.08. The van der Waals surface area contributed by atoms with Crippen LogP contribution in [0, 0.1) is 9.49 Å². The highest BCUT2D eigenvalue weighted by Crippen LogP contribution is 2.29. The van der Waals surface area contributed by atoms with Gasteiger partial charge in [-0.25, -0.2) is 0 Å². The van der Waals surface area contributed by atoms with E-state index in [4.69, 9.17) is 10.8 Å². The normalized spacial score (nSPS) is 17.8. The molecule has 16 heavy (non-hydrogen) atoms. The summed E-state index contributed by atoms with van der Waals surface area (Å²) in [5.41, 5.74) is 8.02. The lowest BCUT2D eigenvalue weighted by Crippen LogP contribution is -2.35. The van der Waals surface area contributed by atoms with Gasteiger partial charge in [-0.1, -0.05) is 0 Å². The van der Waals surface area contributed by atoms with Crippen LogP contribution in [0.1, 0.15) is 12.8 Å². The first kappa shape index (κ1) is 12.0. The molecule has 1 aliphatic heterocycles. The van der Waals surface area contributed by atoms with Gasteiger partial charge in [0.2, 0.25) is 0 Å². The van der Waals surface area contributed by atoms with Crippen molar-refractivity contribution in [3.05, 3.63) is 21.8 Å². The Bertz CT molecular complexity index is 362. The summed E-state index contributed by atoms with van der Waals surface area (Å²) in [5.74, 6) is 0.473. The number of halogens is 1. The topological polar surface area (TPSA) is 49.5 Å². The third-order valence-corrected chi connectivity index (χ3v) is 3.87. The molecule has 1 aromatic carbocycles. The fraction of sp³-hybridized carbons (Fsp3) is 0.500. The molecule has 0 atom stereocenters. The molecule has 1 heterocycles. The molecule has 1 saturated heterocycles. The van der Waals surface area contributed by atoms with Crippen molar-refractivity contribution in [1.29, 1.82) is 0 Å². The Hall–Kier alpha value is -0.490. The average molecular weight is 332 g/mol. The predicted octanol–water partition coefficient (Wildman–Crippen LogP) is 2.08. The van der Waals surface area contributed by atoms with Crippen molar-refractivity contribution in [3.8, 4) is 0 Å². The highest BCUT2D eigenvalue weighted by Gasteiger charge is 2.19. The fourth-order valence-electron chi connectivity index (χ4n) is 2.17. The van der Waals surface area contributed by atoms with Crippen molar-refractivity contribution in [2.75, 3.05) is 30.3 Å². The lowest BCUT2D eigenvalue weighted by atomic mass is 9.97. The van der Waals surface area contributed by atoms with E-state index in [1.165, 1.54) is 3.57 Å². The van der Waals surface area contributed by atoms with E-state index < -0.39 is 0 Å². The van der Waals surface area contributed by atoms with Crippen LogP contribution in [0.5, 0.6) is 0 Å². The molecule has 1 fully saturated rings. The minimum Gasteiger partial charge on any atom is -0.397 e. The third kappa shape index (κ3) is 2.60. The van der Waals surface area contributed by atoms with Gasteiger partial charge in [-0.3, -0.25) is 0 Å². The average Bonchev–Trinajstić information content (AvgIpc) is 2.29. The molecule has 0 aromatic heterocycles. The van der Waals surface area contributed by atoms with Crippen LogP contribution < -0.4 is 10.6 Å². The number of piperidine rings is 1. The lowest BCUT2D eigenvalue weighted by Gasteiger charge is -2.33. The van der Waals surface area contributed by atoms with Gasteiger partial charge in [0.25, 0.3) is 0 Å². The van der Waals surface area contributed by atoms with Crippen LogP contribution in [0.15, 0.2) is 18.2 Å². The molecular formula is C12H17IN2O. The van der Waals surface area contributed by atoms with E-state index in [0.717, 1.165) is 37.3 Å². The quantitative estimate of drug-likeness (QED) is 0.644. The number of aliphatic hydroxyl groups excluding tert-OH is 1. The van der Waals surface area contributed by atoms with Gasteiger partial charge in [-0.05, 0) is 59.5 Å². The molecule has 0 amide bonds. The van der Waals surface area contributed by atoms with Gasteiger partial charge in [-0.15, -0.1) is 0 Å². The second-order valence-corrected chi connectivity index (χ2v) is 5.56. The molecule has 0 bridgehead atoms. The van der Waals surface area contributed by atoms with Crippen LogP contribution in [0.2, 0.25) is 0 Å². The molecule has 88 valence electrons. The van der Waals surface area contributed by atoms with E-state index in [1.807, 2.05) is 6.07 Å². The van der Waals surface area contributed by atoms with Gasteiger partial charge >= 0.3 is 0 Å². The number of benzene rings is 1.